The van der Waals surface area contributed by atoms with Gasteiger partial charge in [0.1, 0.15) is 0 Å². The molecule has 0 saturated heterocycles. The molecule has 0 aliphatic heterocycles. The van der Waals surface area contributed by atoms with Crippen molar-refractivity contribution in [1.82, 2.24) is 4.23 Å². The lowest BCUT2D eigenvalue weighted by molar-refractivity contribution is 0.502. The minimum Gasteiger partial charge on any atom is -0.330 e. The van der Waals surface area contributed by atoms with Crippen molar-refractivity contribution in [2.45, 2.75) is 89.9 Å². The van der Waals surface area contributed by atoms with E-state index in [1.807, 2.05) is 6.55 Å². The van der Waals surface area contributed by atoms with E-state index in [9.17, 15) is 0 Å². The van der Waals surface area contributed by atoms with Crippen LogP contribution in [-0.4, -0.2) is 33.9 Å². The van der Waals surface area contributed by atoms with E-state index in [2.05, 4.69) is 167 Å². The van der Waals surface area contributed by atoms with Gasteiger partial charge in [-0.05, 0) is 56.4 Å². The summed E-state index contributed by atoms with van der Waals surface area (Å²) in [6.07, 6.45) is 4.58. The van der Waals surface area contributed by atoms with Crippen LogP contribution in [0.15, 0.2) is 121 Å². The fraction of sp³-hybridized carbons (Fsp3) is 0.385. The van der Waals surface area contributed by atoms with Crippen LogP contribution >= 0.6 is 22.2 Å². The zero-order valence-electron chi connectivity index (χ0n) is 28.5. The molecule has 0 radical (unpaired) electrons. The first-order valence-corrected chi connectivity index (χ1v) is 25.3. The Morgan fingerprint density at radius 3 is 1.02 bits per heavy atom. The first-order chi connectivity index (χ1) is 21.3. The van der Waals surface area contributed by atoms with Gasteiger partial charge >= 0.3 is 0 Å². The third-order valence-corrected chi connectivity index (χ3v) is 25.0. The van der Waals surface area contributed by atoms with Crippen LogP contribution in [0.2, 0.25) is 22.7 Å². The third kappa shape index (κ3) is 7.63. The Hall–Kier alpha value is -1.93. The standard InChI is InChI=1S/C39H53Cl2NSi3/c1-38(2,3)44(34-24-14-10-15-25-34,35-26-16-11-17-27-35)42(32-22-8-9-23-33-43(7,40)41)45(39(4,5)6,36-28-18-12-19-29-36)37-30-20-13-21-31-37/h10-21,24-31H,8-9,22-23,32-33H2,1-7H3. The smallest absolute Gasteiger partial charge is 0.248 e. The van der Waals surface area contributed by atoms with Crippen LogP contribution < -0.4 is 20.7 Å². The predicted octanol–water partition coefficient (Wildman–Crippen LogP) is 9.52. The fourth-order valence-corrected chi connectivity index (χ4v) is 25.8. The molecular formula is C39H53Cl2NSi3. The van der Waals surface area contributed by atoms with E-state index in [1.165, 1.54) is 27.2 Å². The van der Waals surface area contributed by atoms with E-state index in [0.717, 1.165) is 31.9 Å². The lowest BCUT2D eigenvalue weighted by Crippen LogP contribution is -2.88. The zero-order chi connectivity index (χ0) is 32.8. The van der Waals surface area contributed by atoms with Gasteiger partial charge < -0.3 is 4.23 Å². The van der Waals surface area contributed by atoms with Gasteiger partial charge in [0.15, 0.2) is 16.5 Å². The predicted molar refractivity (Wildman–Crippen MR) is 209 cm³/mol. The fourth-order valence-electron chi connectivity index (χ4n) is 7.86. The van der Waals surface area contributed by atoms with Crippen LogP contribution in [-0.2, 0) is 0 Å². The van der Waals surface area contributed by atoms with E-state index < -0.39 is 23.2 Å². The van der Waals surface area contributed by atoms with Gasteiger partial charge in [-0.2, -0.15) is 0 Å². The highest BCUT2D eigenvalue weighted by atomic mass is 35.7. The summed E-state index contributed by atoms with van der Waals surface area (Å²) in [5, 5.41) is 5.91. The maximum Gasteiger partial charge on any atom is 0.248 e. The summed E-state index contributed by atoms with van der Waals surface area (Å²) >= 11 is 13.0. The Kier molecular flexibility index (Phi) is 11.9. The molecule has 1 nitrogen and oxygen atoms in total. The molecule has 0 bridgehead atoms. The minimum absolute atomic E-state index is 0.0204. The molecule has 240 valence electrons. The largest absolute Gasteiger partial charge is 0.330 e. The molecule has 45 heavy (non-hydrogen) atoms. The van der Waals surface area contributed by atoms with Crippen LogP contribution in [0.3, 0.4) is 0 Å². The summed E-state index contributed by atoms with van der Waals surface area (Å²) in [6, 6.07) is 47.2. The number of hydrogen-bond acceptors (Lipinski definition) is 1. The number of nitrogens with zero attached hydrogens (tertiary/aromatic N) is 1. The Morgan fingerprint density at radius 1 is 0.467 bits per heavy atom. The summed E-state index contributed by atoms with van der Waals surface area (Å²) in [5.74, 6) is 0. The van der Waals surface area contributed by atoms with Gasteiger partial charge in [0.25, 0.3) is 0 Å². The van der Waals surface area contributed by atoms with E-state index in [0.29, 0.717) is 0 Å². The van der Waals surface area contributed by atoms with Crippen LogP contribution in [0.25, 0.3) is 0 Å². The Balaban J connectivity index is 2.09. The van der Waals surface area contributed by atoms with Gasteiger partial charge in [0.2, 0.25) is 6.69 Å². The lowest BCUT2D eigenvalue weighted by Gasteiger charge is -2.62. The lowest BCUT2D eigenvalue weighted by atomic mass is 10.2. The number of unbranched alkanes of at least 4 members (excludes halogenated alkanes) is 3. The van der Waals surface area contributed by atoms with Crippen LogP contribution in [0, 0.1) is 0 Å². The van der Waals surface area contributed by atoms with Crippen molar-refractivity contribution >= 4 is 66.1 Å². The maximum atomic E-state index is 6.49. The van der Waals surface area contributed by atoms with Gasteiger partial charge in [0.05, 0.1) is 0 Å². The third-order valence-electron chi connectivity index (χ3n) is 9.49. The molecule has 0 unspecified atom stereocenters. The average molecular weight is 691 g/mol. The molecule has 0 spiro atoms. The second-order valence-corrected chi connectivity index (χ2v) is 32.7. The molecule has 0 N–H and O–H groups in total. The molecule has 4 aromatic rings. The minimum atomic E-state index is -2.73. The number of rotatable bonds is 13. The van der Waals surface area contributed by atoms with E-state index in [-0.39, 0.29) is 10.1 Å². The monoisotopic (exact) mass is 689 g/mol. The molecule has 0 saturated carbocycles. The molecule has 4 aromatic carbocycles. The first-order valence-electron chi connectivity index (χ1n) is 16.6. The molecule has 0 fully saturated rings. The Bertz CT molecular complexity index is 1270. The van der Waals surface area contributed by atoms with E-state index >= 15 is 0 Å². The normalized spacial score (nSPS) is 13.3. The summed E-state index contributed by atoms with van der Waals surface area (Å²) < 4.78 is 3.19. The SMILES string of the molecule is CC(C)(C)[Si](c1ccccc1)(c1ccccc1)N(CCCCCC[Si](C)(Cl)Cl)[Si](c1ccccc1)(c1ccccc1)C(C)(C)C. The quantitative estimate of drug-likeness (QED) is 0.0768. The van der Waals surface area contributed by atoms with Crippen molar-refractivity contribution < 1.29 is 0 Å². The van der Waals surface area contributed by atoms with Crippen molar-refractivity contribution in [3.63, 3.8) is 0 Å². The highest BCUT2D eigenvalue weighted by Gasteiger charge is 2.63. The summed E-state index contributed by atoms with van der Waals surface area (Å²) in [4.78, 5) is 0. The topological polar surface area (TPSA) is 3.24 Å². The molecule has 0 amide bonds. The average Bonchev–Trinajstić information content (AvgIpc) is 2.99. The Labute approximate surface area is 286 Å². The molecule has 4 rings (SSSR count). The van der Waals surface area contributed by atoms with Gasteiger partial charge in [-0.3, -0.25) is 0 Å². The molecular weight excluding hydrogens is 638 g/mol. The highest BCUT2D eigenvalue weighted by Crippen LogP contribution is 2.47. The van der Waals surface area contributed by atoms with Crippen LogP contribution in [0.1, 0.15) is 67.2 Å². The molecule has 0 heterocycles. The molecule has 6 heteroatoms. The molecule has 0 atom stereocenters. The number of halogens is 2. The molecule has 0 aliphatic carbocycles. The molecule has 0 aromatic heterocycles. The zero-order valence-corrected chi connectivity index (χ0v) is 33.0. The van der Waals surface area contributed by atoms with Gasteiger partial charge in [-0.15, -0.1) is 22.2 Å². The second-order valence-electron chi connectivity index (χ2n) is 14.8. The van der Waals surface area contributed by atoms with Crippen molar-refractivity contribution in [2.75, 3.05) is 6.54 Å². The van der Waals surface area contributed by atoms with Gasteiger partial charge in [0, 0.05) is 0 Å². The van der Waals surface area contributed by atoms with Crippen molar-refractivity contribution in [3.8, 4) is 0 Å². The summed E-state index contributed by atoms with van der Waals surface area (Å²) in [6.45, 7) is 16.1. The van der Waals surface area contributed by atoms with E-state index in [4.69, 9.17) is 22.2 Å². The molecule has 0 aliphatic rings. The van der Waals surface area contributed by atoms with Crippen molar-refractivity contribution in [2.24, 2.45) is 0 Å². The maximum absolute atomic E-state index is 6.49. The summed E-state index contributed by atoms with van der Waals surface area (Å²) in [5.41, 5.74) is 0. The Morgan fingerprint density at radius 2 is 0.756 bits per heavy atom. The van der Waals surface area contributed by atoms with Crippen LogP contribution in [0.4, 0.5) is 0 Å². The van der Waals surface area contributed by atoms with E-state index in [1.54, 1.807) is 0 Å². The second kappa shape index (κ2) is 14.9. The first kappa shape index (κ1) is 35.9. The number of benzene rings is 4. The number of hydrogen-bond donors (Lipinski definition) is 0. The van der Waals surface area contributed by atoms with Crippen molar-refractivity contribution in [3.05, 3.63) is 121 Å². The van der Waals surface area contributed by atoms with Crippen molar-refractivity contribution in [1.29, 1.82) is 0 Å². The van der Waals surface area contributed by atoms with Crippen LogP contribution in [0.5, 0.6) is 0 Å². The van der Waals surface area contributed by atoms with Gasteiger partial charge in [-0.25, -0.2) is 0 Å². The summed E-state index contributed by atoms with van der Waals surface area (Å²) in [7, 11) is -5.46. The van der Waals surface area contributed by atoms with Gasteiger partial charge in [-0.1, -0.05) is 182 Å². The highest BCUT2D eigenvalue weighted by molar-refractivity contribution is 7.44.